The number of nitrogens with one attached hydrogen (secondary N) is 1. The van der Waals surface area contributed by atoms with Gasteiger partial charge in [-0.05, 0) is 25.5 Å². The zero-order valence-electron chi connectivity index (χ0n) is 12.7. The highest BCUT2D eigenvalue weighted by atomic mass is 16.5. The van der Waals surface area contributed by atoms with Crippen LogP contribution in [0, 0.1) is 0 Å². The molecule has 0 bridgehead atoms. The Labute approximate surface area is 129 Å². The molecule has 0 spiro atoms. The summed E-state index contributed by atoms with van der Waals surface area (Å²) in [6, 6.07) is 7.41. The van der Waals surface area contributed by atoms with E-state index in [9.17, 15) is 9.90 Å². The number of rotatable bonds is 7. The van der Waals surface area contributed by atoms with Gasteiger partial charge in [0.25, 0.3) is 0 Å². The molecule has 6 heteroatoms. The maximum Gasteiger partial charge on any atom is 0.341 e. The Morgan fingerprint density at radius 3 is 2.86 bits per heavy atom. The molecule has 2 N–H and O–H groups in total. The first-order chi connectivity index (χ1) is 10.7. The second-order valence-electron chi connectivity index (χ2n) is 4.65. The molecular formula is C16H19N3O3. The molecule has 0 atom stereocenters. The molecule has 0 amide bonds. The largest absolute Gasteiger partial charge is 0.494 e. The van der Waals surface area contributed by atoms with Gasteiger partial charge in [-0.2, -0.15) is 0 Å². The molecule has 2 aromatic rings. The molecule has 0 unspecified atom stereocenters. The fraction of sp³-hybridized carbons (Fsp3) is 0.312. The summed E-state index contributed by atoms with van der Waals surface area (Å²) in [5, 5.41) is 12.2. The van der Waals surface area contributed by atoms with Crippen LogP contribution in [0.25, 0.3) is 11.4 Å². The van der Waals surface area contributed by atoms with Gasteiger partial charge in [0.2, 0.25) is 0 Å². The van der Waals surface area contributed by atoms with Crippen LogP contribution in [0.1, 0.15) is 30.6 Å². The fourth-order valence-electron chi connectivity index (χ4n) is 1.95. The molecule has 0 saturated carbocycles. The number of aromatic carboxylic acids is 1. The highest BCUT2D eigenvalue weighted by molar-refractivity contribution is 5.93. The van der Waals surface area contributed by atoms with Crippen molar-refractivity contribution < 1.29 is 14.6 Å². The zero-order valence-corrected chi connectivity index (χ0v) is 12.7. The van der Waals surface area contributed by atoms with Gasteiger partial charge in [-0.15, -0.1) is 0 Å². The van der Waals surface area contributed by atoms with Crippen LogP contribution < -0.4 is 10.1 Å². The summed E-state index contributed by atoms with van der Waals surface area (Å²) in [6.45, 7) is 5.14. The van der Waals surface area contributed by atoms with E-state index in [1.54, 1.807) is 0 Å². The summed E-state index contributed by atoms with van der Waals surface area (Å²) in [6.07, 6.45) is 2.20. The van der Waals surface area contributed by atoms with Gasteiger partial charge in [0.1, 0.15) is 17.1 Å². The van der Waals surface area contributed by atoms with Crippen molar-refractivity contribution in [3.63, 3.8) is 0 Å². The smallest absolute Gasteiger partial charge is 0.341 e. The third-order valence-electron chi connectivity index (χ3n) is 2.96. The monoisotopic (exact) mass is 301 g/mol. The van der Waals surface area contributed by atoms with Gasteiger partial charge in [-0.1, -0.05) is 19.1 Å². The summed E-state index contributed by atoms with van der Waals surface area (Å²) in [7, 11) is 0. The Kier molecular flexibility index (Phi) is 5.30. The van der Waals surface area contributed by atoms with Crippen molar-refractivity contribution in [3.05, 3.63) is 36.0 Å². The minimum Gasteiger partial charge on any atom is -0.494 e. The minimum atomic E-state index is -1.05. The molecule has 2 rings (SSSR count). The van der Waals surface area contributed by atoms with Gasteiger partial charge < -0.3 is 15.2 Å². The van der Waals surface area contributed by atoms with Crippen molar-refractivity contribution in [1.29, 1.82) is 0 Å². The normalized spacial score (nSPS) is 10.3. The van der Waals surface area contributed by atoms with Crippen molar-refractivity contribution in [3.8, 4) is 17.1 Å². The Morgan fingerprint density at radius 1 is 1.36 bits per heavy atom. The molecule has 1 aromatic carbocycles. The number of nitrogens with zero attached hydrogens (tertiary/aromatic N) is 2. The number of carbonyl (C=O) groups is 1. The lowest BCUT2D eigenvalue weighted by atomic mass is 10.2. The van der Waals surface area contributed by atoms with Crippen LogP contribution >= 0.6 is 0 Å². The Balaban J connectivity index is 2.38. The molecule has 22 heavy (non-hydrogen) atoms. The van der Waals surface area contributed by atoms with Gasteiger partial charge in [0.15, 0.2) is 5.82 Å². The lowest BCUT2D eigenvalue weighted by molar-refractivity contribution is 0.0697. The molecule has 0 aliphatic carbocycles. The van der Waals surface area contributed by atoms with Crippen molar-refractivity contribution in [1.82, 2.24) is 9.97 Å². The lowest BCUT2D eigenvalue weighted by Crippen LogP contribution is -2.10. The molecular weight excluding hydrogens is 282 g/mol. The average molecular weight is 301 g/mol. The molecule has 116 valence electrons. The van der Waals surface area contributed by atoms with E-state index >= 15 is 0 Å². The molecule has 0 fully saturated rings. The van der Waals surface area contributed by atoms with Crippen molar-refractivity contribution >= 4 is 11.8 Å². The predicted octanol–water partition coefficient (Wildman–Crippen LogP) is 3.06. The quantitative estimate of drug-likeness (QED) is 0.817. The van der Waals surface area contributed by atoms with E-state index in [1.807, 2.05) is 38.1 Å². The SMILES string of the molecule is CCCNc1nc(-c2cccc(OCC)c2)ncc1C(=O)O. The summed E-state index contributed by atoms with van der Waals surface area (Å²) in [5.41, 5.74) is 0.848. The van der Waals surface area contributed by atoms with Gasteiger partial charge >= 0.3 is 5.97 Å². The number of ether oxygens (including phenoxy) is 1. The molecule has 0 aliphatic rings. The van der Waals surface area contributed by atoms with Crippen LogP contribution in [0.2, 0.25) is 0 Å². The molecule has 0 radical (unpaired) electrons. The third kappa shape index (κ3) is 3.72. The molecule has 0 aliphatic heterocycles. The van der Waals surface area contributed by atoms with E-state index in [4.69, 9.17) is 4.74 Å². The summed E-state index contributed by atoms with van der Waals surface area (Å²) < 4.78 is 5.46. The van der Waals surface area contributed by atoms with Crippen LogP contribution in [0.3, 0.4) is 0 Å². The minimum absolute atomic E-state index is 0.0677. The average Bonchev–Trinajstić information content (AvgIpc) is 2.53. The topological polar surface area (TPSA) is 84.3 Å². The summed E-state index contributed by atoms with van der Waals surface area (Å²) >= 11 is 0. The van der Waals surface area contributed by atoms with Crippen molar-refractivity contribution in [2.45, 2.75) is 20.3 Å². The van der Waals surface area contributed by atoms with Gasteiger partial charge in [0, 0.05) is 18.3 Å². The van der Waals surface area contributed by atoms with Crippen LogP contribution in [-0.4, -0.2) is 34.2 Å². The maximum absolute atomic E-state index is 11.2. The summed E-state index contributed by atoms with van der Waals surface area (Å²) in [5.74, 6) is 0.480. The van der Waals surface area contributed by atoms with E-state index in [-0.39, 0.29) is 5.56 Å². The maximum atomic E-state index is 11.2. The van der Waals surface area contributed by atoms with Gasteiger partial charge in [0.05, 0.1) is 6.61 Å². The first-order valence-corrected chi connectivity index (χ1v) is 7.23. The number of hydrogen-bond donors (Lipinski definition) is 2. The second kappa shape index (κ2) is 7.40. The predicted molar refractivity (Wildman–Crippen MR) is 84.4 cm³/mol. The van der Waals surface area contributed by atoms with E-state index in [1.165, 1.54) is 6.20 Å². The van der Waals surface area contributed by atoms with Crippen LogP contribution in [-0.2, 0) is 0 Å². The van der Waals surface area contributed by atoms with E-state index < -0.39 is 5.97 Å². The van der Waals surface area contributed by atoms with E-state index in [0.717, 1.165) is 17.7 Å². The molecule has 1 aromatic heterocycles. The Bertz CT molecular complexity index is 659. The number of anilines is 1. The number of aromatic nitrogens is 2. The first-order valence-electron chi connectivity index (χ1n) is 7.23. The van der Waals surface area contributed by atoms with Crippen LogP contribution in [0.15, 0.2) is 30.5 Å². The molecule has 0 saturated heterocycles. The zero-order chi connectivity index (χ0) is 15.9. The van der Waals surface area contributed by atoms with Gasteiger partial charge in [-0.25, -0.2) is 14.8 Å². The highest BCUT2D eigenvalue weighted by Crippen LogP contribution is 2.23. The van der Waals surface area contributed by atoms with Crippen LogP contribution in [0.5, 0.6) is 5.75 Å². The van der Waals surface area contributed by atoms with Gasteiger partial charge in [-0.3, -0.25) is 0 Å². The number of carboxylic acid groups (broad SMARTS) is 1. The fourth-order valence-corrected chi connectivity index (χ4v) is 1.95. The molecule has 1 heterocycles. The number of benzene rings is 1. The Hall–Kier alpha value is -2.63. The van der Waals surface area contributed by atoms with Crippen LogP contribution in [0.4, 0.5) is 5.82 Å². The third-order valence-corrected chi connectivity index (χ3v) is 2.96. The van der Waals surface area contributed by atoms with Crippen molar-refractivity contribution in [2.75, 3.05) is 18.5 Å². The molecule has 6 nitrogen and oxygen atoms in total. The highest BCUT2D eigenvalue weighted by Gasteiger charge is 2.14. The second-order valence-corrected chi connectivity index (χ2v) is 4.65. The first kappa shape index (κ1) is 15.8. The number of hydrogen-bond acceptors (Lipinski definition) is 5. The number of carboxylic acids is 1. The van der Waals surface area contributed by atoms with E-state index in [2.05, 4.69) is 15.3 Å². The standard InChI is InChI=1S/C16H19N3O3/c1-3-8-17-15-13(16(20)21)10-18-14(19-15)11-6-5-7-12(9-11)22-4-2/h5-7,9-10H,3-4,8H2,1-2H3,(H,20,21)(H,17,18,19). The lowest BCUT2D eigenvalue weighted by Gasteiger charge is -2.10. The summed E-state index contributed by atoms with van der Waals surface area (Å²) in [4.78, 5) is 19.7. The Morgan fingerprint density at radius 2 is 2.18 bits per heavy atom. The van der Waals surface area contributed by atoms with E-state index in [0.29, 0.717) is 24.8 Å². The van der Waals surface area contributed by atoms with Crippen molar-refractivity contribution in [2.24, 2.45) is 0 Å².